The molecular weight excluding hydrogens is 421 g/mol. The minimum absolute atomic E-state index is 0.0417. The van der Waals surface area contributed by atoms with Gasteiger partial charge in [0.15, 0.2) is 5.82 Å². The highest BCUT2D eigenvalue weighted by Gasteiger charge is 2.43. The van der Waals surface area contributed by atoms with Crippen molar-refractivity contribution in [3.05, 3.63) is 36.7 Å². The minimum atomic E-state index is -4.22. The summed E-state index contributed by atoms with van der Waals surface area (Å²) < 4.78 is 39.9. The Labute approximate surface area is 184 Å². The molecule has 0 aliphatic carbocycles. The zero-order valence-corrected chi connectivity index (χ0v) is 17.6. The van der Waals surface area contributed by atoms with Crippen molar-refractivity contribution in [1.29, 1.82) is 0 Å². The third kappa shape index (κ3) is 3.93. The van der Waals surface area contributed by atoms with Gasteiger partial charge in [0.2, 0.25) is 0 Å². The summed E-state index contributed by atoms with van der Waals surface area (Å²) in [7, 11) is 0. The normalized spacial score (nSPS) is 23.0. The molecule has 2 aromatic rings. The number of halogens is 3. The largest absolute Gasteiger partial charge is 0.393 e. The summed E-state index contributed by atoms with van der Waals surface area (Å²) in [4.78, 5) is 27.6. The molecular formula is C22H25F3N6O. The lowest BCUT2D eigenvalue weighted by molar-refractivity contribution is -0.176. The van der Waals surface area contributed by atoms with Crippen LogP contribution in [-0.4, -0.2) is 54.4 Å². The van der Waals surface area contributed by atoms with Gasteiger partial charge in [-0.25, -0.2) is 9.78 Å². The second-order valence-corrected chi connectivity index (χ2v) is 8.62. The van der Waals surface area contributed by atoms with Gasteiger partial charge in [0.05, 0.1) is 29.5 Å². The molecule has 7 nitrogen and oxygen atoms in total. The number of carbonyl (C=O) groups excluding carboxylic acids is 1. The van der Waals surface area contributed by atoms with E-state index in [1.54, 1.807) is 40.4 Å². The van der Waals surface area contributed by atoms with Crippen LogP contribution >= 0.6 is 0 Å². The van der Waals surface area contributed by atoms with Crippen molar-refractivity contribution >= 4 is 29.0 Å². The molecule has 3 aliphatic rings. The Morgan fingerprint density at radius 3 is 2.66 bits per heavy atom. The van der Waals surface area contributed by atoms with E-state index in [-0.39, 0.29) is 25.0 Å². The molecule has 2 saturated heterocycles. The molecule has 2 atom stereocenters. The summed E-state index contributed by atoms with van der Waals surface area (Å²) in [6.45, 7) is 2.01. The second-order valence-electron chi connectivity index (χ2n) is 8.62. The lowest BCUT2D eigenvalue weighted by Crippen LogP contribution is -2.56. The van der Waals surface area contributed by atoms with E-state index in [0.29, 0.717) is 36.8 Å². The molecule has 10 heteroatoms. The zero-order valence-electron chi connectivity index (χ0n) is 17.6. The van der Waals surface area contributed by atoms with Crippen molar-refractivity contribution in [2.24, 2.45) is 5.92 Å². The molecule has 170 valence electrons. The monoisotopic (exact) mass is 446 g/mol. The summed E-state index contributed by atoms with van der Waals surface area (Å²) in [6, 6.07) is 6.83. The number of anilines is 4. The number of fused-ring (bicyclic) bond motifs is 4. The fraction of sp³-hybridized carbons (Fsp3) is 0.500. The lowest BCUT2D eigenvalue weighted by Gasteiger charge is -2.46. The highest BCUT2D eigenvalue weighted by atomic mass is 19.4. The fourth-order valence-corrected chi connectivity index (χ4v) is 4.92. The van der Waals surface area contributed by atoms with E-state index in [1.165, 1.54) is 0 Å². The Hall–Kier alpha value is -3.04. The first-order valence-corrected chi connectivity index (χ1v) is 11.0. The third-order valence-corrected chi connectivity index (χ3v) is 6.51. The average molecular weight is 446 g/mol. The van der Waals surface area contributed by atoms with Gasteiger partial charge in [-0.3, -0.25) is 9.88 Å². The van der Waals surface area contributed by atoms with E-state index in [1.807, 2.05) is 6.07 Å². The van der Waals surface area contributed by atoms with Crippen molar-refractivity contribution < 1.29 is 18.0 Å². The fourth-order valence-electron chi connectivity index (χ4n) is 4.92. The summed E-state index contributed by atoms with van der Waals surface area (Å²) in [6.07, 6.45) is 1.40. The Morgan fingerprint density at radius 1 is 1.06 bits per heavy atom. The second kappa shape index (κ2) is 8.14. The third-order valence-electron chi connectivity index (χ3n) is 6.51. The predicted octanol–water partition coefficient (Wildman–Crippen LogP) is 4.28. The Morgan fingerprint density at radius 2 is 1.88 bits per heavy atom. The van der Waals surface area contributed by atoms with Crippen LogP contribution in [-0.2, 0) is 0 Å². The van der Waals surface area contributed by atoms with Gasteiger partial charge in [-0.1, -0.05) is 0 Å². The standard InChI is InChI=1S/C22H25F3N6O/c23-22(24,25)15-4-2-11-30(13-15)19-8-7-18-20(28-19)31(17-6-3-10-29(18)14-17)21(32)27-16-5-1-9-26-12-16/h1,5,7-9,12,15,17H,2-4,6,10-11,13-14H2,(H,27,32). The van der Waals surface area contributed by atoms with E-state index < -0.39 is 12.1 Å². The van der Waals surface area contributed by atoms with Gasteiger partial charge in [0.25, 0.3) is 0 Å². The molecule has 0 spiro atoms. The van der Waals surface area contributed by atoms with Crippen molar-refractivity contribution in [1.82, 2.24) is 9.97 Å². The quantitative estimate of drug-likeness (QED) is 0.746. The number of hydrogen-bond acceptors (Lipinski definition) is 5. The van der Waals surface area contributed by atoms with Crippen molar-refractivity contribution in [2.75, 3.05) is 46.2 Å². The SMILES string of the molecule is O=C(Nc1cccnc1)N1c2nc(N3CCCC(C(F)(F)F)C3)ccc2N2CCCC1C2. The maximum atomic E-state index is 13.3. The van der Waals surface area contributed by atoms with E-state index in [0.717, 1.165) is 25.1 Å². The number of carbonyl (C=O) groups is 1. The van der Waals surface area contributed by atoms with Crippen LogP contribution in [0.25, 0.3) is 0 Å². The van der Waals surface area contributed by atoms with E-state index >= 15 is 0 Å². The predicted molar refractivity (Wildman–Crippen MR) is 116 cm³/mol. The molecule has 1 N–H and O–H groups in total. The molecule has 3 aliphatic heterocycles. The minimum Gasteiger partial charge on any atom is -0.366 e. The number of alkyl halides is 3. The summed E-state index contributed by atoms with van der Waals surface area (Å²) in [5.41, 5.74) is 1.42. The van der Waals surface area contributed by atoms with Gasteiger partial charge in [-0.05, 0) is 49.9 Å². The van der Waals surface area contributed by atoms with Gasteiger partial charge in [0, 0.05) is 32.4 Å². The zero-order chi connectivity index (χ0) is 22.3. The molecule has 5 heterocycles. The van der Waals surface area contributed by atoms with Crippen LogP contribution in [0, 0.1) is 5.92 Å². The van der Waals surface area contributed by atoms with Crippen LogP contribution in [0.3, 0.4) is 0 Å². The van der Waals surface area contributed by atoms with Crippen LogP contribution in [0.5, 0.6) is 0 Å². The van der Waals surface area contributed by atoms with Crippen molar-refractivity contribution in [3.63, 3.8) is 0 Å². The maximum absolute atomic E-state index is 13.3. The lowest BCUT2D eigenvalue weighted by atomic mass is 9.97. The molecule has 2 amide bonds. The van der Waals surface area contributed by atoms with Crippen molar-refractivity contribution in [2.45, 2.75) is 37.9 Å². The van der Waals surface area contributed by atoms with Crippen LogP contribution < -0.4 is 20.0 Å². The number of nitrogens with zero attached hydrogens (tertiary/aromatic N) is 5. The van der Waals surface area contributed by atoms with Crippen LogP contribution in [0.15, 0.2) is 36.7 Å². The van der Waals surface area contributed by atoms with Gasteiger partial charge in [-0.15, -0.1) is 0 Å². The van der Waals surface area contributed by atoms with Gasteiger partial charge >= 0.3 is 12.2 Å². The Balaban J connectivity index is 1.47. The molecule has 2 bridgehead atoms. The Kier molecular flexibility index (Phi) is 5.30. The highest BCUT2D eigenvalue weighted by molar-refractivity contribution is 6.04. The number of piperidine rings is 2. The molecule has 32 heavy (non-hydrogen) atoms. The summed E-state index contributed by atoms with van der Waals surface area (Å²) >= 11 is 0. The van der Waals surface area contributed by atoms with Crippen LogP contribution in [0.4, 0.5) is 41.0 Å². The summed E-state index contributed by atoms with van der Waals surface area (Å²) in [5, 5.41) is 2.89. The number of rotatable bonds is 2. The van der Waals surface area contributed by atoms with E-state index in [9.17, 15) is 18.0 Å². The van der Waals surface area contributed by atoms with Crippen LogP contribution in [0.2, 0.25) is 0 Å². The van der Waals surface area contributed by atoms with Gasteiger partial charge < -0.3 is 15.1 Å². The first-order valence-electron chi connectivity index (χ1n) is 11.0. The highest BCUT2D eigenvalue weighted by Crippen LogP contribution is 2.41. The van der Waals surface area contributed by atoms with Crippen LogP contribution in [0.1, 0.15) is 25.7 Å². The molecule has 5 rings (SSSR count). The number of amides is 2. The number of nitrogens with one attached hydrogen (secondary N) is 1. The molecule has 2 unspecified atom stereocenters. The van der Waals surface area contributed by atoms with Gasteiger partial charge in [-0.2, -0.15) is 13.2 Å². The van der Waals surface area contributed by atoms with E-state index in [2.05, 4.69) is 15.2 Å². The molecule has 2 aromatic heterocycles. The van der Waals surface area contributed by atoms with Gasteiger partial charge in [0.1, 0.15) is 5.82 Å². The number of hydrogen-bond donors (Lipinski definition) is 1. The first-order chi connectivity index (χ1) is 15.4. The number of urea groups is 1. The maximum Gasteiger partial charge on any atom is 0.393 e. The smallest absolute Gasteiger partial charge is 0.366 e. The Bertz CT molecular complexity index is 985. The number of aromatic nitrogens is 2. The molecule has 0 aromatic carbocycles. The molecule has 0 saturated carbocycles. The number of pyridine rings is 2. The topological polar surface area (TPSA) is 64.6 Å². The first kappa shape index (κ1) is 20.8. The molecule has 2 fully saturated rings. The van der Waals surface area contributed by atoms with E-state index in [4.69, 9.17) is 4.98 Å². The molecule has 0 radical (unpaired) electrons. The average Bonchev–Trinajstić information content (AvgIpc) is 2.79. The summed E-state index contributed by atoms with van der Waals surface area (Å²) in [5.74, 6) is -0.366. The van der Waals surface area contributed by atoms with Crippen molar-refractivity contribution in [3.8, 4) is 0 Å².